The molecule has 0 aromatic carbocycles. The molecule has 0 aliphatic carbocycles. The molecule has 0 fully saturated rings. The van der Waals surface area contributed by atoms with Crippen LogP contribution < -0.4 is 0 Å². The average molecular weight is 145 g/mol. The van der Waals surface area contributed by atoms with Crippen LogP contribution in [0.5, 0.6) is 0 Å². The summed E-state index contributed by atoms with van der Waals surface area (Å²) in [5.74, 6) is 0. The van der Waals surface area contributed by atoms with E-state index in [1.165, 1.54) is 0 Å². The van der Waals surface area contributed by atoms with Crippen LogP contribution in [0.1, 0.15) is 0 Å². The Morgan fingerprint density at radius 3 is 1.75 bits per heavy atom. The van der Waals surface area contributed by atoms with Crippen molar-refractivity contribution in [2.24, 2.45) is 0 Å². The Morgan fingerprint density at radius 1 is 1.38 bits per heavy atom. The van der Waals surface area contributed by atoms with Gasteiger partial charge in [0, 0.05) is 0 Å². The second-order valence-electron chi connectivity index (χ2n) is 1.18. The Morgan fingerprint density at radius 2 is 1.75 bits per heavy atom. The first kappa shape index (κ1) is 7.82. The van der Waals surface area contributed by atoms with Crippen molar-refractivity contribution in [1.82, 2.24) is 0 Å². The van der Waals surface area contributed by atoms with Crippen molar-refractivity contribution in [3.05, 3.63) is 11.6 Å². The minimum atomic E-state index is -3.06. The van der Waals surface area contributed by atoms with Gasteiger partial charge in [-0.2, -0.15) is 0 Å². The first-order valence-electron chi connectivity index (χ1n) is 1.82. The van der Waals surface area contributed by atoms with E-state index in [2.05, 4.69) is 6.58 Å². The predicted molar refractivity (Wildman–Crippen MR) is 25.9 cm³/mol. The number of hydrogen-bond acceptors (Lipinski definition) is 0. The molecule has 8 heavy (non-hydrogen) atoms. The Kier molecular flexibility index (Phi) is 2.90. The monoisotopic (exact) mass is 144 g/mol. The first-order valence-corrected chi connectivity index (χ1v) is 2.20. The largest absolute Gasteiger partial charge is 0.274 e. The van der Waals surface area contributed by atoms with Gasteiger partial charge in [-0.25, -0.2) is 13.2 Å². The van der Waals surface area contributed by atoms with Crippen molar-refractivity contribution >= 4 is 11.6 Å². The Labute approximate surface area is 49.9 Å². The number of hydrogen-bond donors (Lipinski definition) is 0. The van der Waals surface area contributed by atoms with Crippen LogP contribution >= 0.6 is 11.6 Å². The molecule has 0 saturated heterocycles. The lowest BCUT2D eigenvalue weighted by atomic mass is 10.4. The van der Waals surface area contributed by atoms with Gasteiger partial charge in [-0.3, -0.25) is 0 Å². The van der Waals surface area contributed by atoms with Crippen LogP contribution in [0.25, 0.3) is 0 Å². The van der Waals surface area contributed by atoms with E-state index in [1.807, 2.05) is 0 Å². The van der Waals surface area contributed by atoms with Crippen LogP contribution in [0.15, 0.2) is 11.6 Å². The van der Waals surface area contributed by atoms with Gasteiger partial charge in [0.05, 0.1) is 5.03 Å². The SMILES string of the molecule is C=C(Cl)C(F)C(F)F. The van der Waals surface area contributed by atoms with Crippen molar-refractivity contribution < 1.29 is 13.2 Å². The second kappa shape index (κ2) is 2.97. The third-order valence-electron chi connectivity index (χ3n) is 0.520. The molecule has 0 spiro atoms. The molecule has 0 nitrogen and oxygen atoms in total. The van der Waals surface area contributed by atoms with Crippen molar-refractivity contribution in [1.29, 1.82) is 0 Å². The van der Waals surface area contributed by atoms with Crippen LogP contribution in [0.4, 0.5) is 13.2 Å². The van der Waals surface area contributed by atoms with Gasteiger partial charge >= 0.3 is 0 Å². The van der Waals surface area contributed by atoms with Crippen molar-refractivity contribution in [3.8, 4) is 0 Å². The van der Waals surface area contributed by atoms with E-state index in [1.54, 1.807) is 0 Å². The maximum atomic E-state index is 11.7. The fourth-order valence-electron chi connectivity index (χ4n) is 0.137. The van der Waals surface area contributed by atoms with E-state index in [-0.39, 0.29) is 0 Å². The fourth-order valence-corrected chi connectivity index (χ4v) is 0.232. The third kappa shape index (κ3) is 2.21. The zero-order chi connectivity index (χ0) is 6.73. The van der Waals surface area contributed by atoms with Crippen LogP contribution in [0.3, 0.4) is 0 Å². The predicted octanol–water partition coefficient (Wildman–Crippen LogP) is 2.34. The summed E-state index contributed by atoms with van der Waals surface area (Å²) < 4.78 is 34.0. The van der Waals surface area contributed by atoms with Crippen molar-refractivity contribution in [2.45, 2.75) is 12.6 Å². The summed E-state index contributed by atoms with van der Waals surface area (Å²) in [5.41, 5.74) is 0. The van der Waals surface area contributed by atoms with E-state index in [9.17, 15) is 13.2 Å². The number of alkyl halides is 3. The molecule has 0 aliphatic heterocycles. The highest BCUT2D eigenvalue weighted by Crippen LogP contribution is 2.15. The highest BCUT2D eigenvalue weighted by Gasteiger charge is 2.20. The molecule has 0 heterocycles. The Hall–Kier alpha value is -0.180. The van der Waals surface area contributed by atoms with Crippen LogP contribution in [0, 0.1) is 0 Å². The molecule has 0 radical (unpaired) electrons. The smallest absolute Gasteiger partial charge is 0.235 e. The normalized spacial score (nSPS) is 14.1. The maximum Gasteiger partial charge on any atom is 0.274 e. The van der Waals surface area contributed by atoms with Crippen molar-refractivity contribution in [3.63, 3.8) is 0 Å². The van der Waals surface area contributed by atoms with E-state index >= 15 is 0 Å². The summed E-state index contributed by atoms with van der Waals surface area (Å²) in [6.07, 6.45) is -5.45. The molecule has 48 valence electrons. The van der Waals surface area contributed by atoms with E-state index in [0.717, 1.165) is 0 Å². The molecule has 1 atom stereocenters. The summed E-state index contributed by atoms with van der Waals surface area (Å²) in [5, 5.41) is -0.653. The Balaban J connectivity index is 3.64. The minimum absolute atomic E-state index is 0.653. The van der Waals surface area contributed by atoms with Crippen molar-refractivity contribution in [2.75, 3.05) is 0 Å². The minimum Gasteiger partial charge on any atom is -0.235 e. The second-order valence-corrected chi connectivity index (χ2v) is 1.67. The molecule has 0 amide bonds. The molecule has 0 aromatic rings. The van der Waals surface area contributed by atoms with Gasteiger partial charge in [-0.1, -0.05) is 18.2 Å². The van der Waals surface area contributed by atoms with Gasteiger partial charge < -0.3 is 0 Å². The van der Waals surface area contributed by atoms with Gasteiger partial charge in [-0.05, 0) is 0 Å². The third-order valence-corrected chi connectivity index (χ3v) is 0.729. The van der Waals surface area contributed by atoms with Crippen LogP contribution in [0.2, 0.25) is 0 Å². The summed E-state index contributed by atoms with van der Waals surface area (Å²) in [7, 11) is 0. The van der Waals surface area contributed by atoms with Gasteiger partial charge in [0.25, 0.3) is 6.43 Å². The lowest BCUT2D eigenvalue weighted by molar-refractivity contribution is 0.0730. The molecule has 4 heteroatoms. The summed E-state index contributed by atoms with van der Waals surface area (Å²) in [6.45, 7) is 2.79. The highest BCUT2D eigenvalue weighted by molar-refractivity contribution is 6.29. The summed E-state index contributed by atoms with van der Waals surface area (Å²) >= 11 is 4.77. The summed E-state index contributed by atoms with van der Waals surface area (Å²) in [6, 6.07) is 0. The number of rotatable bonds is 2. The topological polar surface area (TPSA) is 0 Å². The molecule has 0 aliphatic rings. The zero-order valence-electron chi connectivity index (χ0n) is 3.87. The zero-order valence-corrected chi connectivity index (χ0v) is 4.63. The number of allylic oxidation sites excluding steroid dienone is 1. The van der Waals surface area contributed by atoms with Gasteiger partial charge in [0.1, 0.15) is 0 Å². The van der Waals surface area contributed by atoms with Crippen LogP contribution in [-0.4, -0.2) is 12.6 Å². The van der Waals surface area contributed by atoms with Crippen LogP contribution in [-0.2, 0) is 0 Å². The molecular formula is C4H4ClF3. The average Bonchev–Trinajstić information content (AvgIpc) is 1.64. The molecule has 1 unspecified atom stereocenters. The van der Waals surface area contributed by atoms with Gasteiger partial charge in [0.15, 0.2) is 6.17 Å². The molecule has 0 rings (SSSR count). The Bertz CT molecular complexity index is 91.3. The molecule has 0 N–H and O–H groups in total. The quantitative estimate of drug-likeness (QED) is 0.558. The van der Waals surface area contributed by atoms with Gasteiger partial charge in [0.2, 0.25) is 0 Å². The molecule has 0 aromatic heterocycles. The van der Waals surface area contributed by atoms with E-state index in [4.69, 9.17) is 11.6 Å². The standard InChI is InChI=1S/C4H4ClF3/c1-2(5)3(6)4(7)8/h3-4H,1H2. The maximum absolute atomic E-state index is 11.7. The van der Waals surface area contributed by atoms with E-state index in [0.29, 0.717) is 0 Å². The fraction of sp³-hybridized carbons (Fsp3) is 0.500. The van der Waals surface area contributed by atoms with E-state index < -0.39 is 17.6 Å². The molecular weight excluding hydrogens is 140 g/mol. The lowest BCUT2D eigenvalue weighted by Crippen LogP contribution is -2.10. The molecule has 0 saturated carbocycles. The number of halogens is 4. The molecule has 0 bridgehead atoms. The first-order chi connectivity index (χ1) is 3.55. The highest BCUT2D eigenvalue weighted by atomic mass is 35.5. The van der Waals surface area contributed by atoms with Gasteiger partial charge in [-0.15, -0.1) is 0 Å². The lowest BCUT2D eigenvalue weighted by Gasteiger charge is -2.01. The summed E-state index contributed by atoms with van der Waals surface area (Å²) in [4.78, 5) is 0.